The zero-order valence-corrected chi connectivity index (χ0v) is 16.8. The number of rotatable bonds is 3. The van der Waals surface area contributed by atoms with Crippen LogP contribution in [0.15, 0.2) is 22.5 Å². The first kappa shape index (κ1) is 18.8. The number of aliphatic imine (C=N–C) groups is 1. The molecule has 2 aliphatic rings. The van der Waals surface area contributed by atoms with Gasteiger partial charge in [0.1, 0.15) is 0 Å². The Bertz CT molecular complexity index is 494. The topological polar surface area (TPSA) is 51.1 Å². The van der Waals surface area contributed by atoms with E-state index in [0.717, 1.165) is 57.8 Å². The van der Waals surface area contributed by atoms with E-state index >= 15 is 0 Å². The van der Waals surface area contributed by atoms with Crippen LogP contribution in [0, 0.1) is 0 Å². The van der Waals surface area contributed by atoms with Crippen LogP contribution in [0.4, 0.5) is 5.00 Å². The molecule has 5 nitrogen and oxygen atoms in total. The number of anilines is 1. The average Bonchev–Trinajstić information content (AvgIpc) is 3.21. The van der Waals surface area contributed by atoms with Crippen molar-refractivity contribution in [2.24, 2.45) is 4.99 Å². The van der Waals surface area contributed by atoms with Crippen LogP contribution in [-0.4, -0.2) is 61.3 Å². The van der Waals surface area contributed by atoms with E-state index < -0.39 is 5.60 Å². The molecule has 0 radical (unpaired) electrons. The summed E-state index contributed by atoms with van der Waals surface area (Å²) in [4.78, 5) is 9.12. The van der Waals surface area contributed by atoms with Gasteiger partial charge in [0.25, 0.3) is 0 Å². The second-order valence-corrected chi connectivity index (χ2v) is 7.18. The molecule has 0 spiro atoms. The summed E-state index contributed by atoms with van der Waals surface area (Å²) in [5.74, 6) is 0.922. The molecule has 2 N–H and O–H groups in total. The molecule has 1 saturated carbocycles. The van der Waals surface area contributed by atoms with Crippen molar-refractivity contribution in [2.75, 3.05) is 44.7 Å². The molecule has 2 heterocycles. The van der Waals surface area contributed by atoms with Gasteiger partial charge in [-0.25, -0.2) is 0 Å². The number of nitrogens with zero attached hydrogens (tertiary/aromatic N) is 3. The highest BCUT2D eigenvalue weighted by atomic mass is 127. The summed E-state index contributed by atoms with van der Waals surface area (Å²) in [5, 5.41) is 17.3. The molecule has 130 valence electrons. The lowest BCUT2D eigenvalue weighted by molar-refractivity contribution is 0.0515. The Hall–Kier alpha value is -0.540. The van der Waals surface area contributed by atoms with E-state index in [0.29, 0.717) is 6.54 Å². The summed E-state index contributed by atoms with van der Waals surface area (Å²) < 4.78 is 0. The molecule has 23 heavy (non-hydrogen) atoms. The van der Waals surface area contributed by atoms with Crippen molar-refractivity contribution in [3.05, 3.63) is 17.5 Å². The van der Waals surface area contributed by atoms with Gasteiger partial charge in [0, 0.05) is 39.8 Å². The molecular formula is C16H27IN4OS. The summed E-state index contributed by atoms with van der Waals surface area (Å²) in [6, 6.07) is 4.29. The highest BCUT2D eigenvalue weighted by Gasteiger charge is 2.31. The number of halogens is 1. The van der Waals surface area contributed by atoms with Gasteiger partial charge in [-0.2, -0.15) is 0 Å². The minimum atomic E-state index is -0.533. The van der Waals surface area contributed by atoms with Crippen molar-refractivity contribution in [2.45, 2.75) is 31.3 Å². The quantitative estimate of drug-likeness (QED) is 0.422. The smallest absolute Gasteiger partial charge is 0.193 e. The normalized spacial score (nSPS) is 21.2. The molecule has 7 heteroatoms. The monoisotopic (exact) mass is 450 g/mol. The lowest BCUT2D eigenvalue weighted by atomic mass is 10.0. The molecule has 0 atom stereocenters. The lowest BCUT2D eigenvalue weighted by Crippen LogP contribution is -2.54. The molecule has 1 aromatic rings. The standard InChI is InChI=1S/C16H26N4OS.HI/c1-17-15(18-13-16(21)6-2-3-7-16)20-10-8-19(9-11-20)14-5-4-12-22-14;/h4-5,12,21H,2-3,6-11,13H2,1H3,(H,17,18);1H. The van der Waals surface area contributed by atoms with Crippen LogP contribution in [0.25, 0.3) is 0 Å². The Balaban J connectivity index is 0.00000192. The van der Waals surface area contributed by atoms with Crippen molar-refractivity contribution in [1.29, 1.82) is 0 Å². The predicted octanol–water partition coefficient (Wildman–Crippen LogP) is 2.37. The Morgan fingerprint density at radius 1 is 1.30 bits per heavy atom. The molecule has 0 bridgehead atoms. The van der Waals surface area contributed by atoms with Gasteiger partial charge in [-0.1, -0.05) is 12.8 Å². The van der Waals surface area contributed by atoms with E-state index in [1.807, 2.05) is 7.05 Å². The molecule has 0 unspecified atom stereocenters. The lowest BCUT2D eigenvalue weighted by Gasteiger charge is -2.37. The third-order valence-electron chi connectivity index (χ3n) is 4.72. The molecule has 1 aliphatic carbocycles. The number of thiophene rings is 1. The van der Waals surface area contributed by atoms with Crippen LogP contribution in [-0.2, 0) is 0 Å². The summed E-state index contributed by atoms with van der Waals surface area (Å²) in [5.41, 5.74) is -0.533. The first-order valence-corrected chi connectivity index (χ1v) is 9.05. The molecule has 1 aliphatic heterocycles. The Labute approximate surface area is 159 Å². The van der Waals surface area contributed by atoms with Gasteiger partial charge in [0.15, 0.2) is 5.96 Å². The maximum Gasteiger partial charge on any atom is 0.193 e. The molecule has 0 amide bonds. The van der Waals surface area contributed by atoms with E-state index in [4.69, 9.17) is 0 Å². The zero-order valence-electron chi connectivity index (χ0n) is 13.7. The Morgan fingerprint density at radius 3 is 2.57 bits per heavy atom. The van der Waals surface area contributed by atoms with Crippen LogP contribution < -0.4 is 10.2 Å². The van der Waals surface area contributed by atoms with Crippen molar-refractivity contribution >= 4 is 46.3 Å². The minimum absolute atomic E-state index is 0. The maximum atomic E-state index is 10.5. The van der Waals surface area contributed by atoms with Crippen molar-refractivity contribution in [3.63, 3.8) is 0 Å². The van der Waals surface area contributed by atoms with Crippen LogP contribution in [0.1, 0.15) is 25.7 Å². The van der Waals surface area contributed by atoms with Gasteiger partial charge in [-0.3, -0.25) is 4.99 Å². The highest BCUT2D eigenvalue weighted by Crippen LogP contribution is 2.28. The molecule has 1 saturated heterocycles. The van der Waals surface area contributed by atoms with E-state index in [2.05, 4.69) is 37.6 Å². The molecule has 2 fully saturated rings. The number of nitrogens with one attached hydrogen (secondary N) is 1. The number of aliphatic hydroxyl groups is 1. The summed E-state index contributed by atoms with van der Waals surface area (Å²) in [6.45, 7) is 4.59. The summed E-state index contributed by atoms with van der Waals surface area (Å²) in [6.07, 6.45) is 4.08. The van der Waals surface area contributed by atoms with E-state index in [1.54, 1.807) is 11.3 Å². The molecule has 3 rings (SSSR count). The number of hydrogen-bond donors (Lipinski definition) is 2. The largest absolute Gasteiger partial charge is 0.388 e. The van der Waals surface area contributed by atoms with E-state index in [9.17, 15) is 5.11 Å². The van der Waals surface area contributed by atoms with E-state index in [-0.39, 0.29) is 24.0 Å². The first-order valence-electron chi connectivity index (χ1n) is 8.17. The number of piperazine rings is 1. The van der Waals surface area contributed by atoms with Gasteiger partial charge in [0.2, 0.25) is 0 Å². The van der Waals surface area contributed by atoms with Crippen molar-refractivity contribution in [3.8, 4) is 0 Å². The fourth-order valence-corrected chi connectivity index (χ4v) is 4.16. The third kappa shape index (κ3) is 4.73. The minimum Gasteiger partial charge on any atom is -0.388 e. The van der Waals surface area contributed by atoms with Crippen LogP contribution in [0.5, 0.6) is 0 Å². The fourth-order valence-electron chi connectivity index (χ4n) is 3.37. The predicted molar refractivity (Wildman–Crippen MR) is 108 cm³/mol. The molecule has 0 aromatic carbocycles. The highest BCUT2D eigenvalue weighted by molar-refractivity contribution is 14.0. The maximum absolute atomic E-state index is 10.5. The van der Waals surface area contributed by atoms with Gasteiger partial charge in [0.05, 0.1) is 10.6 Å². The zero-order chi connectivity index (χ0) is 15.4. The van der Waals surface area contributed by atoms with Crippen molar-refractivity contribution in [1.82, 2.24) is 10.2 Å². The second kappa shape index (κ2) is 8.53. The van der Waals surface area contributed by atoms with Crippen LogP contribution in [0.3, 0.4) is 0 Å². The number of guanidine groups is 1. The third-order valence-corrected chi connectivity index (χ3v) is 5.65. The number of hydrogen-bond acceptors (Lipinski definition) is 4. The van der Waals surface area contributed by atoms with Gasteiger partial charge >= 0.3 is 0 Å². The molecule has 1 aromatic heterocycles. The van der Waals surface area contributed by atoms with Gasteiger partial charge in [-0.15, -0.1) is 35.3 Å². The van der Waals surface area contributed by atoms with Crippen LogP contribution in [0.2, 0.25) is 0 Å². The first-order chi connectivity index (χ1) is 10.7. The second-order valence-electron chi connectivity index (χ2n) is 6.26. The summed E-state index contributed by atoms with van der Waals surface area (Å²) in [7, 11) is 1.83. The SMILES string of the molecule is CN=C(NCC1(O)CCCC1)N1CCN(c2cccs2)CC1.I. The van der Waals surface area contributed by atoms with Crippen LogP contribution >= 0.6 is 35.3 Å². The Morgan fingerprint density at radius 2 is 2.00 bits per heavy atom. The molecular weight excluding hydrogens is 423 g/mol. The van der Waals surface area contributed by atoms with Gasteiger partial charge in [-0.05, 0) is 30.4 Å². The fraction of sp³-hybridized carbons (Fsp3) is 0.688. The average molecular weight is 450 g/mol. The summed E-state index contributed by atoms with van der Waals surface area (Å²) >= 11 is 1.80. The van der Waals surface area contributed by atoms with E-state index in [1.165, 1.54) is 5.00 Å². The van der Waals surface area contributed by atoms with Gasteiger partial charge < -0.3 is 20.2 Å². The van der Waals surface area contributed by atoms with Crippen molar-refractivity contribution < 1.29 is 5.11 Å². The Kier molecular flexibility index (Phi) is 6.97.